The summed E-state index contributed by atoms with van der Waals surface area (Å²) in [6.45, 7) is 0.424. The van der Waals surface area contributed by atoms with Crippen LogP contribution in [0.5, 0.6) is 0 Å². The van der Waals surface area contributed by atoms with Gasteiger partial charge in [-0.05, 0) is 17.0 Å². The molecule has 0 saturated carbocycles. The fraction of sp³-hybridized carbons (Fsp3) is 0.176. The second-order valence-electron chi connectivity index (χ2n) is 5.97. The number of rotatable bonds is 5. The van der Waals surface area contributed by atoms with E-state index >= 15 is 0 Å². The number of aromatic amines is 1. The zero-order valence-electron chi connectivity index (χ0n) is 13.7. The summed E-state index contributed by atoms with van der Waals surface area (Å²) >= 11 is 1.34. The van der Waals surface area contributed by atoms with Gasteiger partial charge in [0.05, 0.1) is 22.9 Å². The Morgan fingerprint density at radius 2 is 2.00 bits per heavy atom. The summed E-state index contributed by atoms with van der Waals surface area (Å²) in [5.74, 6) is 0.0818. The third kappa shape index (κ3) is 3.28. The third-order valence-electron chi connectivity index (χ3n) is 4.18. The molecule has 0 spiro atoms. The van der Waals surface area contributed by atoms with Gasteiger partial charge in [0.1, 0.15) is 0 Å². The second-order valence-corrected chi connectivity index (χ2v) is 8.89. The molecule has 3 heterocycles. The van der Waals surface area contributed by atoms with E-state index in [2.05, 4.69) is 15.5 Å². The van der Waals surface area contributed by atoms with Crippen molar-refractivity contribution < 1.29 is 13.2 Å². The maximum absolute atomic E-state index is 12.7. The Kier molecular flexibility index (Phi) is 4.35. The average Bonchev–Trinajstić information content (AvgIpc) is 3.34. The molecule has 2 N–H and O–H groups in total. The molecule has 1 amide bonds. The number of hydrogen-bond donors (Lipinski definition) is 2. The van der Waals surface area contributed by atoms with Crippen molar-refractivity contribution in [2.75, 3.05) is 5.32 Å². The lowest BCUT2D eigenvalue weighted by molar-refractivity contribution is 0.103. The van der Waals surface area contributed by atoms with E-state index in [1.54, 1.807) is 24.3 Å². The number of anilines is 1. The zero-order valence-corrected chi connectivity index (χ0v) is 15.3. The van der Waals surface area contributed by atoms with E-state index in [4.69, 9.17) is 0 Å². The van der Waals surface area contributed by atoms with Gasteiger partial charge >= 0.3 is 0 Å². The fourth-order valence-electron chi connectivity index (χ4n) is 2.86. The largest absolute Gasteiger partial charge is 0.304 e. The van der Waals surface area contributed by atoms with Crippen LogP contribution in [0.4, 0.5) is 5.82 Å². The minimum absolute atomic E-state index is 0.0531. The highest BCUT2D eigenvalue weighted by Crippen LogP contribution is 2.30. The molecule has 0 unspecified atom stereocenters. The highest BCUT2D eigenvalue weighted by atomic mass is 32.2. The summed E-state index contributed by atoms with van der Waals surface area (Å²) in [6.07, 6.45) is 0. The van der Waals surface area contributed by atoms with Gasteiger partial charge < -0.3 is 5.32 Å². The molecular weight excluding hydrogens is 372 g/mol. The Morgan fingerprint density at radius 3 is 2.73 bits per heavy atom. The average molecular weight is 388 g/mol. The van der Waals surface area contributed by atoms with Crippen LogP contribution in [0.15, 0.2) is 47.8 Å². The molecule has 134 valence electrons. The number of benzene rings is 1. The van der Waals surface area contributed by atoms with E-state index < -0.39 is 10.0 Å². The topological polar surface area (TPSA) is 95.2 Å². The molecule has 0 aliphatic carbocycles. The minimum atomic E-state index is -3.46. The highest BCUT2D eigenvalue weighted by molar-refractivity contribution is 7.88. The molecule has 0 saturated heterocycles. The Balaban J connectivity index is 1.49. The highest BCUT2D eigenvalue weighted by Gasteiger charge is 2.33. The van der Waals surface area contributed by atoms with Crippen molar-refractivity contribution in [2.45, 2.75) is 18.8 Å². The number of amides is 1. The maximum Gasteiger partial charge on any atom is 0.266 e. The minimum Gasteiger partial charge on any atom is -0.304 e. The van der Waals surface area contributed by atoms with Gasteiger partial charge in [-0.3, -0.25) is 9.89 Å². The third-order valence-corrected chi connectivity index (χ3v) is 6.80. The van der Waals surface area contributed by atoms with E-state index in [1.807, 2.05) is 23.6 Å². The number of hydrogen-bond acceptors (Lipinski definition) is 5. The molecule has 4 rings (SSSR count). The molecule has 9 heteroatoms. The van der Waals surface area contributed by atoms with Crippen LogP contribution in [0.2, 0.25) is 0 Å². The van der Waals surface area contributed by atoms with Crippen molar-refractivity contribution >= 4 is 33.1 Å². The summed E-state index contributed by atoms with van der Waals surface area (Å²) in [4.78, 5) is 12.8. The lowest BCUT2D eigenvalue weighted by atomic mass is 10.2. The number of fused-ring (bicyclic) bond motifs is 1. The standard InChI is InChI=1S/C17H16N4O3S2/c22-17(15-7-4-8-25-15)18-16-13-9-21(10-14(13)19-20-16)26(23,24)11-12-5-2-1-3-6-12/h1-8H,9-11H2,(H2,18,19,20,22). The molecule has 0 bridgehead atoms. The lowest BCUT2D eigenvalue weighted by Gasteiger charge is -2.16. The number of thiophene rings is 1. The number of nitrogens with one attached hydrogen (secondary N) is 2. The summed E-state index contributed by atoms with van der Waals surface area (Å²) in [5.41, 5.74) is 2.17. The van der Waals surface area contributed by atoms with E-state index in [0.29, 0.717) is 22.0 Å². The van der Waals surface area contributed by atoms with Crippen LogP contribution in [0.25, 0.3) is 0 Å². The molecule has 1 aliphatic heterocycles. The van der Waals surface area contributed by atoms with E-state index in [9.17, 15) is 13.2 Å². The number of carbonyl (C=O) groups excluding carboxylic acids is 1. The molecule has 7 nitrogen and oxygen atoms in total. The Hall–Kier alpha value is -2.49. The smallest absolute Gasteiger partial charge is 0.266 e. The van der Waals surface area contributed by atoms with Crippen LogP contribution in [0, 0.1) is 0 Å². The van der Waals surface area contributed by atoms with Crippen LogP contribution < -0.4 is 5.32 Å². The molecule has 2 aromatic heterocycles. The summed E-state index contributed by atoms with van der Waals surface area (Å²) in [5, 5.41) is 11.5. The lowest BCUT2D eigenvalue weighted by Crippen LogP contribution is -2.27. The first-order valence-electron chi connectivity index (χ1n) is 7.95. The predicted molar refractivity (Wildman–Crippen MR) is 99.2 cm³/mol. The predicted octanol–water partition coefficient (Wildman–Crippen LogP) is 2.57. The molecule has 1 aliphatic rings. The number of aromatic nitrogens is 2. The van der Waals surface area contributed by atoms with Gasteiger partial charge in [0, 0.05) is 12.1 Å². The molecular formula is C17H16N4O3S2. The van der Waals surface area contributed by atoms with Crippen molar-refractivity contribution in [3.63, 3.8) is 0 Å². The maximum atomic E-state index is 12.7. The van der Waals surface area contributed by atoms with Crippen LogP contribution >= 0.6 is 11.3 Å². The molecule has 0 atom stereocenters. The number of sulfonamides is 1. The summed E-state index contributed by atoms with van der Waals surface area (Å²) < 4.78 is 26.8. The molecule has 3 aromatic rings. The van der Waals surface area contributed by atoms with Crippen LogP contribution in [0.1, 0.15) is 26.5 Å². The molecule has 0 fully saturated rings. The van der Waals surface area contributed by atoms with E-state index in [-0.39, 0.29) is 24.7 Å². The van der Waals surface area contributed by atoms with Crippen molar-refractivity contribution in [1.29, 1.82) is 0 Å². The van der Waals surface area contributed by atoms with Gasteiger partial charge in [-0.1, -0.05) is 36.4 Å². The second kappa shape index (κ2) is 6.67. The Labute approximate surface area is 154 Å². The van der Waals surface area contributed by atoms with Crippen LogP contribution in [0.3, 0.4) is 0 Å². The first-order valence-corrected chi connectivity index (χ1v) is 10.4. The van der Waals surface area contributed by atoms with Gasteiger partial charge in [0.15, 0.2) is 5.82 Å². The number of H-pyrrole nitrogens is 1. The first-order chi connectivity index (χ1) is 12.5. The quantitative estimate of drug-likeness (QED) is 0.702. The van der Waals surface area contributed by atoms with Crippen molar-refractivity contribution in [3.05, 3.63) is 69.5 Å². The van der Waals surface area contributed by atoms with Gasteiger partial charge in [0.25, 0.3) is 5.91 Å². The van der Waals surface area contributed by atoms with E-state index in [0.717, 1.165) is 5.56 Å². The molecule has 0 radical (unpaired) electrons. The van der Waals surface area contributed by atoms with Crippen molar-refractivity contribution in [1.82, 2.24) is 14.5 Å². The van der Waals surface area contributed by atoms with Gasteiger partial charge in [-0.2, -0.15) is 9.40 Å². The van der Waals surface area contributed by atoms with Crippen LogP contribution in [-0.4, -0.2) is 28.8 Å². The summed E-state index contributed by atoms with van der Waals surface area (Å²) in [6, 6.07) is 12.6. The monoisotopic (exact) mass is 388 g/mol. The SMILES string of the molecule is O=C(Nc1n[nH]c2c1CN(S(=O)(=O)Cc1ccccc1)C2)c1cccs1. The van der Waals surface area contributed by atoms with E-state index in [1.165, 1.54) is 15.6 Å². The number of carbonyl (C=O) groups is 1. The molecule has 26 heavy (non-hydrogen) atoms. The fourth-order valence-corrected chi connectivity index (χ4v) is 4.93. The number of nitrogens with zero attached hydrogens (tertiary/aromatic N) is 2. The van der Waals surface area contributed by atoms with Gasteiger partial charge in [-0.15, -0.1) is 11.3 Å². The normalized spacial score (nSPS) is 14.3. The zero-order chi connectivity index (χ0) is 18.1. The molecule has 1 aromatic carbocycles. The summed E-state index contributed by atoms with van der Waals surface area (Å²) in [7, 11) is -3.46. The Bertz CT molecular complexity index is 1030. The van der Waals surface area contributed by atoms with Gasteiger partial charge in [0.2, 0.25) is 10.0 Å². The van der Waals surface area contributed by atoms with Gasteiger partial charge in [-0.25, -0.2) is 8.42 Å². The first kappa shape index (κ1) is 17.0. The van der Waals surface area contributed by atoms with Crippen LogP contribution in [-0.2, 0) is 28.9 Å². The Morgan fingerprint density at radius 1 is 1.19 bits per heavy atom. The van der Waals surface area contributed by atoms with Crippen molar-refractivity contribution in [2.24, 2.45) is 0 Å². The van der Waals surface area contributed by atoms with Crippen molar-refractivity contribution in [3.8, 4) is 0 Å².